The normalized spacial score (nSPS) is 21.8. The molecule has 0 spiro atoms. The predicted octanol–water partition coefficient (Wildman–Crippen LogP) is 1.12. The number of amides is 1. The van der Waals surface area contributed by atoms with Gasteiger partial charge in [0.05, 0.1) is 16.8 Å². The van der Waals surface area contributed by atoms with Gasteiger partial charge >= 0.3 is 0 Å². The molecule has 0 aliphatic carbocycles. The van der Waals surface area contributed by atoms with Crippen LogP contribution in [0.5, 0.6) is 0 Å². The number of fused-ring (bicyclic) bond motifs is 1. The number of anilines is 1. The Hall–Kier alpha value is -2.18. The number of carbonyl (C=O) groups excluding carboxylic acids is 1. The van der Waals surface area contributed by atoms with Crippen molar-refractivity contribution >= 4 is 22.5 Å². The maximum Gasteiger partial charge on any atom is 0.272 e. The molecule has 1 aromatic heterocycles. The molecular weight excluding hydrogens is 268 g/mol. The average Bonchev–Trinajstić information content (AvgIpc) is 2.85. The van der Waals surface area contributed by atoms with Gasteiger partial charge in [-0.05, 0) is 25.5 Å². The number of hydrazine groups is 1. The fourth-order valence-electron chi connectivity index (χ4n) is 2.68. The van der Waals surface area contributed by atoms with Gasteiger partial charge in [-0.3, -0.25) is 10.6 Å². The van der Waals surface area contributed by atoms with Crippen LogP contribution >= 0.6 is 0 Å². The lowest BCUT2D eigenvalue weighted by atomic mass is 10.1. The first-order chi connectivity index (χ1) is 10.00. The molecule has 21 heavy (non-hydrogen) atoms. The number of para-hydroxylation sites is 1. The first-order valence-corrected chi connectivity index (χ1v) is 6.88. The Morgan fingerprint density at radius 2 is 2.24 bits per heavy atom. The van der Waals surface area contributed by atoms with Crippen LogP contribution in [0.25, 0.3) is 10.9 Å². The molecule has 0 radical (unpaired) electrons. The van der Waals surface area contributed by atoms with E-state index < -0.39 is 5.60 Å². The zero-order valence-corrected chi connectivity index (χ0v) is 11.8. The second-order valence-corrected chi connectivity index (χ2v) is 5.69. The number of aromatic nitrogens is 1. The summed E-state index contributed by atoms with van der Waals surface area (Å²) in [4.78, 5) is 18.6. The van der Waals surface area contributed by atoms with Crippen molar-refractivity contribution in [1.29, 1.82) is 0 Å². The van der Waals surface area contributed by atoms with E-state index in [1.54, 1.807) is 17.9 Å². The number of benzene rings is 1. The molecule has 1 unspecified atom stereocenters. The van der Waals surface area contributed by atoms with E-state index in [-0.39, 0.29) is 5.91 Å². The van der Waals surface area contributed by atoms with Gasteiger partial charge in [-0.25, -0.2) is 4.98 Å². The van der Waals surface area contributed by atoms with E-state index in [1.165, 1.54) is 0 Å². The van der Waals surface area contributed by atoms with Gasteiger partial charge in [-0.15, -0.1) is 0 Å². The largest absolute Gasteiger partial charge is 0.388 e. The van der Waals surface area contributed by atoms with E-state index in [0.29, 0.717) is 36.4 Å². The summed E-state index contributed by atoms with van der Waals surface area (Å²) in [7, 11) is 0. The highest BCUT2D eigenvalue weighted by Crippen LogP contribution is 2.25. The first-order valence-electron chi connectivity index (χ1n) is 6.88. The van der Waals surface area contributed by atoms with E-state index in [4.69, 9.17) is 5.84 Å². The van der Waals surface area contributed by atoms with Crippen molar-refractivity contribution < 1.29 is 9.90 Å². The van der Waals surface area contributed by atoms with Gasteiger partial charge in [0.2, 0.25) is 0 Å². The van der Waals surface area contributed by atoms with Crippen molar-refractivity contribution in [3.05, 3.63) is 36.0 Å². The number of hydrogen-bond acceptors (Lipinski definition) is 5. The number of rotatable bonds is 2. The van der Waals surface area contributed by atoms with Crippen molar-refractivity contribution in [1.82, 2.24) is 9.88 Å². The molecule has 0 saturated carbocycles. The highest BCUT2D eigenvalue weighted by molar-refractivity contribution is 5.99. The standard InChI is InChI=1S/C15H18N4O2/c1-15(21)6-7-19(9-15)14(20)13-8-12(18-16)10-4-2-3-5-11(10)17-13/h2-5,8,21H,6-7,9,16H2,1H3,(H,17,18). The zero-order chi connectivity index (χ0) is 15.0. The van der Waals surface area contributed by atoms with Gasteiger partial charge < -0.3 is 15.4 Å². The van der Waals surface area contributed by atoms with Crippen LogP contribution in [0.1, 0.15) is 23.8 Å². The molecule has 1 atom stereocenters. The number of carbonyl (C=O) groups is 1. The molecule has 1 amide bonds. The fraction of sp³-hybridized carbons (Fsp3) is 0.333. The molecule has 2 heterocycles. The van der Waals surface area contributed by atoms with Crippen LogP contribution in [0.15, 0.2) is 30.3 Å². The molecule has 1 saturated heterocycles. The molecule has 1 aromatic carbocycles. The topological polar surface area (TPSA) is 91.5 Å². The number of nitrogens with one attached hydrogen (secondary N) is 1. The summed E-state index contributed by atoms with van der Waals surface area (Å²) in [5, 5.41) is 10.9. The first kappa shape index (κ1) is 13.8. The maximum atomic E-state index is 12.5. The quantitative estimate of drug-likeness (QED) is 0.568. The summed E-state index contributed by atoms with van der Waals surface area (Å²) >= 11 is 0. The second-order valence-electron chi connectivity index (χ2n) is 5.69. The highest BCUT2D eigenvalue weighted by Gasteiger charge is 2.34. The molecule has 1 aliphatic heterocycles. The molecule has 4 N–H and O–H groups in total. The van der Waals surface area contributed by atoms with E-state index >= 15 is 0 Å². The molecular formula is C15H18N4O2. The number of nitrogen functional groups attached to an aromatic ring is 1. The Kier molecular flexibility index (Phi) is 3.27. The molecule has 0 bridgehead atoms. The van der Waals surface area contributed by atoms with Crippen molar-refractivity contribution in [2.45, 2.75) is 18.9 Å². The van der Waals surface area contributed by atoms with Crippen LogP contribution in [0.3, 0.4) is 0 Å². The maximum absolute atomic E-state index is 12.5. The van der Waals surface area contributed by atoms with Crippen LogP contribution in [0, 0.1) is 0 Å². The SMILES string of the molecule is CC1(O)CCN(C(=O)c2cc(NN)c3ccccc3n2)C1. The van der Waals surface area contributed by atoms with Crippen LogP contribution in [-0.4, -0.2) is 39.6 Å². The van der Waals surface area contributed by atoms with Crippen molar-refractivity contribution in [3.63, 3.8) is 0 Å². The number of nitrogens with zero attached hydrogens (tertiary/aromatic N) is 2. The minimum Gasteiger partial charge on any atom is -0.388 e. The van der Waals surface area contributed by atoms with Crippen LogP contribution in [-0.2, 0) is 0 Å². The van der Waals surface area contributed by atoms with Crippen LogP contribution in [0.4, 0.5) is 5.69 Å². The molecule has 1 aliphatic rings. The van der Waals surface area contributed by atoms with Crippen LogP contribution in [0.2, 0.25) is 0 Å². The lowest BCUT2D eigenvalue weighted by Crippen LogP contribution is -2.34. The lowest BCUT2D eigenvalue weighted by molar-refractivity contribution is 0.0569. The van der Waals surface area contributed by atoms with E-state index in [2.05, 4.69) is 10.4 Å². The highest BCUT2D eigenvalue weighted by atomic mass is 16.3. The van der Waals surface area contributed by atoms with Crippen molar-refractivity contribution in [2.75, 3.05) is 18.5 Å². The summed E-state index contributed by atoms with van der Waals surface area (Å²) in [5.41, 5.74) is 3.50. The smallest absolute Gasteiger partial charge is 0.272 e. The van der Waals surface area contributed by atoms with Gasteiger partial charge in [0.15, 0.2) is 0 Å². The third-order valence-electron chi connectivity index (χ3n) is 3.83. The zero-order valence-electron chi connectivity index (χ0n) is 11.8. The van der Waals surface area contributed by atoms with Crippen molar-refractivity contribution in [2.24, 2.45) is 5.84 Å². The molecule has 6 nitrogen and oxygen atoms in total. The molecule has 1 fully saturated rings. The summed E-state index contributed by atoms with van der Waals surface area (Å²) in [5.74, 6) is 5.35. The average molecular weight is 286 g/mol. The van der Waals surface area contributed by atoms with Crippen LogP contribution < -0.4 is 11.3 Å². The predicted molar refractivity (Wildman–Crippen MR) is 80.7 cm³/mol. The van der Waals surface area contributed by atoms with Gasteiger partial charge in [-0.2, -0.15) is 0 Å². The number of hydrogen-bond donors (Lipinski definition) is 3. The number of likely N-dealkylation sites (tertiary alicyclic amines) is 1. The summed E-state index contributed by atoms with van der Waals surface area (Å²) in [6.45, 7) is 2.60. The number of nitrogens with two attached hydrogens (primary N) is 1. The van der Waals surface area contributed by atoms with Crippen molar-refractivity contribution in [3.8, 4) is 0 Å². The fourth-order valence-corrected chi connectivity index (χ4v) is 2.68. The van der Waals surface area contributed by atoms with Gasteiger partial charge in [0.1, 0.15) is 5.69 Å². The summed E-state index contributed by atoms with van der Waals surface area (Å²) < 4.78 is 0. The van der Waals surface area contributed by atoms with E-state index in [9.17, 15) is 9.90 Å². The van der Waals surface area contributed by atoms with E-state index in [0.717, 1.165) is 5.39 Å². The molecule has 6 heteroatoms. The summed E-state index contributed by atoms with van der Waals surface area (Å²) in [6.07, 6.45) is 0.578. The van der Waals surface area contributed by atoms with Gasteiger partial charge in [0, 0.05) is 18.5 Å². The Bertz CT molecular complexity index is 699. The molecule has 2 aromatic rings. The molecule has 3 rings (SSSR count). The Morgan fingerprint density at radius 1 is 1.48 bits per heavy atom. The minimum atomic E-state index is -0.818. The Morgan fingerprint density at radius 3 is 2.90 bits per heavy atom. The van der Waals surface area contributed by atoms with Gasteiger partial charge in [-0.1, -0.05) is 18.2 Å². The third-order valence-corrected chi connectivity index (χ3v) is 3.83. The van der Waals surface area contributed by atoms with Gasteiger partial charge in [0.25, 0.3) is 5.91 Å². The minimum absolute atomic E-state index is 0.185. The molecule has 110 valence electrons. The Balaban J connectivity index is 1.99. The second kappa shape index (κ2) is 4.98. The number of β-amino-alcohol motifs (C(OH)–C–C–N with tert-alkyl or cyclic N) is 1. The Labute approximate surface area is 122 Å². The number of aliphatic hydroxyl groups is 1. The van der Waals surface area contributed by atoms with E-state index in [1.807, 2.05) is 24.3 Å². The summed E-state index contributed by atoms with van der Waals surface area (Å²) in [6, 6.07) is 9.14. The third kappa shape index (κ3) is 2.55. The number of pyridine rings is 1. The monoisotopic (exact) mass is 286 g/mol. The lowest BCUT2D eigenvalue weighted by Gasteiger charge is -2.19.